The quantitative estimate of drug-likeness (QED) is 0.765. The van der Waals surface area contributed by atoms with Crippen molar-refractivity contribution in [1.29, 1.82) is 0 Å². The summed E-state index contributed by atoms with van der Waals surface area (Å²) in [4.78, 5) is 2.66. The zero-order chi connectivity index (χ0) is 11.9. The summed E-state index contributed by atoms with van der Waals surface area (Å²) >= 11 is 0. The first kappa shape index (κ1) is 13.4. The molecule has 100 valence electrons. The van der Waals surface area contributed by atoms with Crippen LogP contribution in [0.15, 0.2) is 0 Å². The molecule has 0 radical (unpaired) electrons. The molecular formula is C15H30N2. The highest BCUT2D eigenvalue weighted by Gasteiger charge is 2.16. The van der Waals surface area contributed by atoms with Gasteiger partial charge in [-0.25, -0.2) is 0 Å². The van der Waals surface area contributed by atoms with E-state index in [1.807, 2.05) is 0 Å². The average molecular weight is 238 g/mol. The molecule has 0 spiro atoms. The van der Waals surface area contributed by atoms with Gasteiger partial charge < -0.3 is 10.2 Å². The van der Waals surface area contributed by atoms with Crippen LogP contribution in [0.3, 0.4) is 0 Å². The van der Waals surface area contributed by atoms with Crippen LogP contribution in [0.4, 0.5) is 0 Å². The Bertz CT molecular complexity index is 193. The Morgan fingerprint density at radius 2 is 1.76 bits per heavy atom. The summed E-state index contributed by atoms with van der Waals surface area (Å²) < 4.78 is 0. The van der Waals surface area contributed by atoms with Gasteiger partial charge in [0.05, 0.1) is 0 Å². The molecule has 1 aliphatic heterocycles. The molecule has 0 aromatic rings. The fraction of sp³-hybridized carbons (Fsp3) is 1.00. The third-order valence-corrected chi connectivity index (χ3v) is 4.42. The summed E-state index contributed by atoms with van der Waals surface area (Å²) in [7, 11) is 0. The van der Waals surface area contributed by atoms with Gasteiger partial charge in [-0.05, 0) is 63.7 Å². The van der Waals surface area contributed by atoms with Gasteiger partial charge in [-0.15, -0.1) is 0 Å². The molecule has 1 atom stereocenters. The molecule has 1 saturated heterocycles. The number of nitrogens with zero attached hydrogens (tertiary/aromatic N) is 1. The number of piperidine rings is 1. The predicted octanol–water partition coefficient (Wildman–Crippen LogP) is 2.89. The van der Waals surface area contributed by atoms with Crippen molar-refractivity contribution in [1.82, 2.24) is 10.2 Å². The Balaban J connectivity index is 1.52. The smallest absolute Gasteiger partial charge is 0.00191 e. The molecule has 0 aromatic carbocycles. The molecule has 1 unspecified atom stereocenters. The first-order valence-corrected chi connectivity index (χ1v) is 7.77. The van der Waals surface area contributed by atoms with Gasteiger partial charge in [-0.1, -0.05) is 26.2 Å². The van der Waals surface area contributed by atoms with E-state index in [0.717, 1.165) is 11.8 Å². The van der Waals surface area contributed by atoms with Crippen molar-refractivity contribution >= 4 is 0 Å². The van der Waals surface area contributed by atoms with E-state index in [1.54, 1.807) is 0 Å². The topological polar surface area (TPSA) is 15.3 Å². The molecule has 2 aliphatic rings. The minimum atomic E-state index is 0.814. The third-order valence-electron chi connectivity index (χ3n) is 4.42. The maximum Gasteiger partial charge on any atom is 0.00191 e. The monoisotopic (exact) mass is 238 g/mol. The van der Waals surface area contributed by atoms with Crippen LogP contribution in [0.1, 0.15) is 51.9 Å². The lowest BCUT2D eigenvalue weighted by molar-refractivity contribution is 0.198. The first-order chi connectivity index (χ1) is 8.34. The van der Waals surface area contributed by atoms with Gasteiger partial charge in [-0.2, -0.15) is 0 Å². The van der Waals surface area contributed by atoms with Gasteiger partial charge in [0.25, 0.3) is 0 Å². The van der Waals surface area contributed by atoms with E-state index in [1.165, 1.54) is 77.7 Å². The molecule has 0 aromatic heterocycles. The molecule has 1 saturated carbocycles. The Morgan fingerprint density at radius 3 is 2.47 bits per heavy atom. The fourth-order valence-electron chi connectivity index (χ4n) is 3.40. The van der Waals surface area contributed by atoms with E-state index in [0.29, 0.717) is 0 Å². The van der Waals surface area contributed by atoms with Gasteiger partial charge in [-0.3, -0.25) is 0 Å². The van der Waals surface area contributed by atoms with E-state index in [2.05, 4.69) is 17.1 Å². The van der Waals surface area contributed by atoms with Crippen molar-refractivity contribution in [2.75, 3.05) is 32.7 Å². The summed E-state index contributed by atoms with van der Waals surface area (Å²) in [6.07, 6.45) is 10.2. The normalized spacial score (nSPS) is 25.2. The number of likely N-dealkylation sites (tertiary alicyclic amines) is 1. The second-order valence-corrected chi connectivity index (χ2v) is 6.28. The second-order valence-electron chi connectivity index (χ2n) is 6.28. The van der Waals surface area contributed by atoms with Crippen molar-refractivity contribution in [2.45, 2.75) is 51.9 Å². The van der Waals surface area contributed by atoms with Crippen LogP contribution in [0.5, 0.6) is 0 Å². The maximum absolute atomic E-state index is 3.69. The summed E-state index contributed by atoms with van der Waals surface area (Å²) in [6, 6.07) is 0. The second kappa shape index (κ2) is 7.38. The lowest BCUT2D eigenvalue weighted by atomic mass is 10.1. The van der Waals surface area contributed by atoms with E-state index in [-0.39, 0.29) is 0 Å². The van der Waals surface area contributed by atoms with Gasteiger partial charge in [0, 0.05) is 6.54 Å². The lowest BCUT2D eigenvalue weighted by Crippen LogP contribution is -2.37. The fourth-order valence-corrected chi connectivity index (χ4v) is 3.40. The minimum Gasteiger partial charge on any atom is -0.316 e. The molecule has 2 fully saturated rings. The van der Waals surface area contributed by atoms with Gasteiger partial charge in [0.1, 0.15) is 0 Å². The molecule has 2 rings (SSSR count). The minimum absolute atomic E-state index is 0.814. The van der Waals surface area contributed by atoms with Crippen LogP contribution in [0, 0.1) is 11.8 Å². The maximum atomic E-state index is 3.69. The van der Waals surface area contributed by atoms with Gasteiger partial charge in [0.15, 0.2) is 0 Å². The molecule has 17 heavy (non-hydrogen) atoms. The summed E-state index contributed by atoms with van der Waals surface area (Å²) in [5.41, 5.74) is 0. The Kier molecular flexibility index (Phi) is 5.79. The van der Waals surface area contributed by atoms with E-state index in [9.17, 15) is 0 Å². The zero-order valence-corrected chi connectivity index (χ0v) is 11.6. The lowest BCUT2D eigenvalue weighted by Gasteiger charge is -2.29. The van der Waals surface area contributed by atoms with Crippen molar-refractivity contribution in [2.24, 2.45) is 11.8 Å². The summed E-state index contributed by atoms with van der Waals surface area (Å²) in [5.74, 6) is 1.80. The average Bonchev–Trinajstić information content (AvgIpc) is 2.83. The highest BCUT2D eigenvalue weighted by molar-refractivity contribution is 4.72. The Hall–Kier alpha value is -0.0800. The molecular weight excluding hydrogens is 208 g/mol. The van der Waals surface area contributed by atoms with Gasteiger partial charge >= 0.3 is 0 Å². The molecule has 2 heteroatoms. The van der Waals surface area contributed by atoms with Crippen molar-refractivity contribution in [3.63, 3.8) is 0 Å². The van der Waals surface area contributed by atoms with Crippen LogP contribution in [0.2, 0.25) is 0 Å². The van der Waals surface area contributed by atoms with E-state index in [4.69, 9.17) is 0 Å². The van der Waals surface area contributed by atoms with E-state index < -0.39 is 0 Å². The molecule has 0 bridgehead atoms. The predicted molar refractivity (Wildman–Crippen MR) is 74.3 cm³/mol. The third kappa shape index (κ3) is 4.97. The Labute approximate surface area is 107 Å². The van der Waals surface area contributed by atoms with Crippen LogP contribution in [-0.2, 0) is 0 Å². The van der Waals surface area contributed by atoms with Crippen LogP contribution in [-0.4, -0.2) is 37.6 Å². The van der Waals surface area contributed by atoms with Crippen molar-refractivity contribution in [3.05, 3.63) is 0 Å². The Morgan fingerprint density at radius 1 is 1.06 bits per heavy atom. The highest BCUT2D eigenvalue weighted by Crippen LogP contribution is 2.23. The zero-order valence-electron chi connectivity index (χ0n) is 11.6. The highest BCUT2D eigenvalue weighted by atomic mass is 15.1. The van der Waals surface area contributed by atoms with Crippen LogP contribution >= 0.6 is 0 Å². The standard InChI is InChI=1S/C15H30N2/c1-14(13-17-9-5-2-6-10-17)11-16-12-15-7-3-4-8-15/h14-16H,2-13H2,1H3. The molecule has 1 aliphatic carbocycles. The molecule has 1 heterocycles. The summed E-state index contributed by atoms with van der Waals surface area (Å²) in [6.45, 7) is 8.87. The molecule has 0 amide bonds. The molecule has 2 nitrogen and oxygen atoms in total. The largest absolute Gasteiger partial charge is 0.316 e. The van der Waals surface area contributed by atoms with Crippen LogP contribution in [0.25, 0.3) is 0 Å². The number of nitrogens with one attached hydrogen (secondary N) is 1. The van der Waals surface area contributed by atoms with Crippen molar-refractivity contribution < 1.29 is 0 Å². The van der Waals surface area contributed by atoms with E-state index >= 15 is 0 Å². The summed E-state index contributed by atoms with van der Waals surface area (Å²) in [5, 5.41) is 3.69. The number of hydrogen-bond acceptors (Lipinski definition) is 2. The van der Waals surface area contributed by atoms with Crippen LogP contribution < -0.4 is 5.32 Å². The first-order valence-electron chi connectivity index (χ1n) is 7.77. The SMILES string of the molecule is CC(CNCC1CCCC1)CN1CCCCC1. The van der Waals surface area contributed by atoms with Gasteiger partial charge in [0.2, 0.25) is 0 Å². The van der Waals surface area contributed by atoms with Crippen molar-refractivity contribution in [3.8, 4) is 0 Å². The molecule has 1 N–H and O–H groups in total. The number of rotatable bonds is 6. The number of hydrogen-bond donors (Lipinski definition) is 1.